The van der Waals surface area contributed by atoms with E-state index in [2.05, 4.69) is 17.7 Å². The molecule has 0 fully saturated rings. The number of hydrogen-bond acceptors (Lipinski definition) is 6. The molecular weight excluding hydrogens is 387 g/mol. The number of carboxylic acid groups (broad SMARTS) is 2. The van der Waals surface area contributed by atoms with Gasteiger partial charge in [0.2, 0.25) is 10.4 Å². The molecule has 0 bridgehead atoms. The van der Waals surface area contributed by atoms with E-state index in [1.54, 1.807) is 0 Å². The minimum Gasteiger partial charge on any atom is -0.726 e. The molecule has 8 nitrogen and oxygen atoms in total. The Morgan fingerprint density at radius 1 is 0.926 bits per heavy atom. The first-order valence-corrected chi connectivity index (χ1v) is 10.2. The zero-order valence-corrected chi connectivity index (χ0v) is 19.3. The number of unbranched alkanes of at least 4 members (excludes halogenated alkanes) is 9. The van der Waals surface area contributed by atoms with Crippen LogP contribution in [-0.4, -0.2) is 41.7 Å². The van der Waals surface area contributed by atoms with E-state index in [0.717, 1.165) is 12.8 Å². The van der Waals surface area contributed by atoms with Crippen LogP contribution in [0.3, 0.4) is 0 Å². The van der Waals surface area contributed by atoms with Crippen molar-refractivity contribution in [2.45, 2.75) is 77.6 Å². The normalized spacial score (nSPS) is 10.3. The Bertz CT molecular complexity index is 505. The van der Waals surface area contributed by atoms with Gasteiger partial charge in [0, 0.05) is 5.57 Å². The largest absolute Gasteiger partial charge is 1.00 e. The molecular formula is C17H31NaO8S. The van der Waals surface area contributed by atoms with Gasteiger partial charge in [-0.15, -0.1) is 0 Å². The molecule has 0 aromatic rings. The number of aliphatic carboxylic acids is 2. The van der Waals surface area contributed by atoms with E-state index in [1.165, 1.54) is 44.9 Å². The van der Waals surface area contributed by atoms with Crippen LogP contribution in [0.4, 0.5) is 0 Å². The van der Waals surface area contributed by atoms with Gasteiger partial charge < -0.3 is 14.8 Å². The summed E-state index contributed by atoms with van der Waals surface area (Å²) in [6.45, 7) is 5.26. The Morgan fingerprint density at radius 3 is 1.63 bits per heavy atom. The Balaban J connectivity index is -0.000000491. The van der Waals surface area contributed by atoms with Gasteiger partial charge in [-0.2, -0.15) is 0 Å². The smallest absolute Gasteiger partial charge is 0.726 e. The first kappa shape index (κ1) is 31.3. The zero-order valence-electron chi connectivity index (χ0n) is 16.4. The Morgan fingerprint density at radius 2 is 1.33 bits per heavy atom. The Hall–Kier alpha value is -0.450. The van der Waals surface area contributed by atoms with Gasteiger partial charge in [-0.05, 0) is 6.42 Å². The molecule has 0 radical (unpaired) electrons. The first-order chi connectivity index (χ1) is 12.1. The summed E-state index contributed by atoms with van der Waals surface area (Å²) >= 11 is 0. The summed E-state index contributed by atoms with van der Waals surface area (Å²) in [5.74, 6) is -2.44. The van der Waals surface area contributed by atoms with Crippen LogP contribution in [-0.2, 0) is 24.2 Å². The van der Waals surface area contributed by atoms with Crippen LogP contribution >= 0.6 is 0 Å². The van der Waals surface area contributed by atoms with Crippen LogP contribution < -0.4 is 29.6 Å². The molecule has 0 spiro atoms. The Labute approximate surface area is 184 Å². The van der Waals surface area contributed by atoms with Crippen molar-refractivity contribution in [3.05, 3.63) is 12.2 Å². The summed E-state index contributed by atoms with van der Waals surface area (Å²) in [6.07, 6.45) is 11.2. The molecule has 0 saturated carbocycles. The topological polar surface area (TPSA) is 141 Å². The van der Waals surface area contributed by atoms with Crippen LogP contribution in [0.2, 0.25) is 0 Å². The molecule has 27 heavy (non-hydrogen) atoms. The van der Waals surface area contributed by atoms with E-state index in [1.807, 2.05) is 0 Å². The standard InChI is InChI=1S/C12H26O4S.C5H6O4.Na/c1-2-3-4-5-6-7-8-9-10-11-12-16-17(13,14)15;1-3(5(8)9)2-4(6)7;/h2-12H2,1H3,(H,13,14,15);1-2H2,(H,6,7)(H,8,9);/q;;+1/p-1. The van der Waals surface area contributed by atoms with E-state index in [0.29, 0.717) is 6.42 Å². The fourth-order valence-electron chi connectivity index (χ4n) is 2.01. The second kappa shape index (κ2) is 20.3. The number of carbonyl (C=O) groups is 2. The van der Waals surface area contributed by atoms with Crippen molar-refractivity contribution in [2.75, 3.05) is 6.61 Å². The van der Waals surface area contributed by atoms with Gasteiger partial charge in [-0.3, -0.25) is 8.98 Å². The van der Waals surface area contributed by atoms with E-state index in [-0.39, 0.29) is 41.7 Å². The molecule has 0 aromatic carbocycles. The molecule has 0 saturated heterocycles. The summed E-state index contributed by atoms with van der Waals surface area (Å²) in [4.78, 5) is 19.7. The number of hydrogen-bond donors (Lipinski definition) is 2. The maximum atomic E-state index is 10.1. The fraction of sp³-hybridized carbons (Fsp3) is 0.765. The first-order valence-electron chi connectivity index (χ1n) is 8.83. The van der Waals surface area contributed by atoms with Crippen LogP contribution in [0, 0.1) is 0 Å². The SMILES string of the molecule is C=C(CC(=O)O)C(=O)O.CCCCCCCCCCCCOS(=O)(=O)[O-].[Na+]. The zero-order chi connectivity index (χ0) is 20.4. The van der Waals surface area contributed by atoms with E-state index >= 15 is 0 Å². The molecule has 0 atom stereocenters. The van der Waals surface area contributed by atoms with Crippen molar-refractivity contribution in [2.24, 2.45) is 0 Å². The molecule has 0 unspecified atom stereocenters. The van der Waals surface area contributed by atoms with Crippen LogP contribution in [0.15, 0.2) is 12.2 Å². The van der Waals surface area contributed by atoms with Crippen molar-refractivity contribution in [1.29, 1.82) is 0 Å². The summed E-state index contributed by atoms with van der Waals surface area (Å²) < 4.78 is 34.5. The van der Waals surface area contributed by atoms with Crippen molar-refractivity contribution in [1.82, 2.24) is 0 Å². The third kappa shape index (κ3) is 30.5. The van der Waals surface area contributed by atoms with Gasteiger partial charge in [0.25, 0.3) is 0 Å². The Kier molecular flexibility index (Phi) is 23.5. The molecule has 0 aliphatic rings. The van der Waals surface area contributed by atoms with E-state index in [9.17, 15) is 22.6 Å². The van der Waals surface area contributed by atoms with Crippen LogP contribution in [0.25, 0.3) is 0 Å². The van der Waals surface area contributed by atoms with Crippen molar-refractivity contribution in [3.63, 3.8) is 0 Å². The van der Waals surface area contributed by atoms with Crippen molar-refractivity contribution < 1.29 is 66.5 Å². The monoisotopic (exact) mass is 418 g/mol. The predicted octanol–water partition coefficient (Wildman–Crippen LogP) is 0.490. The second-order valence-corrected chi connectivity index (χ2v) is 6.94. The van der Waals surface area contributed by atoms with Gasteiger partial charge >= 0.3 is 41.5 Å². The second-order valence-electron chi connectivity index (χ2n) is 5.89. The predicted molar refractivity (Wildman–Crippen MR) is 96.5 cm³/mol. The quantitative estimate of drug-likeness (QED) is 0.129. The maximum absolute atomic E-state index is 10.1. The van der Waals surface area contributed by atoms with Gasteiger partial charge in [-0.1, -0.05) is 71.3 Å². The number of carboxylic acids is 2. The third-order valence-corrected chi connectivity index (χ3v) is 3.85. The molecule has 0 aliphatic heterocycles. The van der Waals surface area contributed by atoms with Gasteiger partial charge in [0.1, 0.15) is 0 Å². The molecule has 2 N–H and O–H groups in total. The molecule has 10 heteroatoms. The minimum atomic E-state index is -4.48. The summed E-state index contributed by atoms with van der Waals surface area (Å²) in [7, 11) is -4.48. The summed E-state index contributed by atoms with van der Waals surface area (Å²) in [5.41, 5.74) is -0.303. The van der Waals surface area contributed by atoms with Gasteiger partial charge in [-0.25, -0.2) is 13.2 Å². The summed E-state index contributed by atoms with van der Waals surface area (Å²) in [5, 5.41) is 16.1. The molecule has 0 aliphatic carbocycles. The molecule has 0 heterocycles. The van der Waals surface area contributed by atoms with Crippen molar-refractivity contribution >= 4 is 22.3 Å². The van der Waals surface area contributed by atoms with E-state index in [4.69, 9.17) is 10.2 Å². The maximum Gasteiger partial charge on any atom is 1.00 e. The summed E-state index contributed by atoms with van der Waals surface area (Å²) in [6, 6.07) is 0. The van der Waals surface area contributed by atoms with E-state index < -0.39 is 28.8 Å². The number of rotatable bonds is 15. The fourth-order valence-corrected chi connectivity index (χ4v) is 2.33. The molecule has 0 aromatic heterocycles. The minimum absolute atomic E-state index is 0. The average molecular weight is 418 g/mol. The third-order valence-electron chi connectivity index (χ3n) is 3.39. The molecule has 154 valence electrons. The van der Waals surface area contributed by atoms with Crippen LogP contribution in [0.1, 0.15) is 77.6 Å². The molecule has 0 rings (SSSR count). The van der Waals surface area contributed by atoms with Crippen molar-refractivity contribution in [3.8, 4) is 0 Å². The average Bonchev–Trinajstić information content (AvgIpc) is 2.51. The van der Waals surface area contributed by atoms with Gasteiger partial charge in [0.15, 0.2) is 0 Å². The van der Waals surface area contributed by atoms with Crippen LogP contribution in [0.5, 0.6) is 0 Å². The van der Waals surface area contributed by atoms with Gasteiger partial charge in [0.05, 0.1) is 13.0 Å². The molecule has 0 amide bonds.